The number of nitriles is 1. The molecule has 0 saturated carbocycles. The van der Waals surface area contributed by atoms with E-state index in [1.165, 1.54) is 5.19 Å². The molecule has 17 heavy (non-hydrogen) atoms. The molecular formula is C13H15NO2Si. The Hall–Kier alpha value is -1.86. The van der Waals surface area contributed by atoms with Gasteiger partial charge in [-0.2, -0.15) is 5.26 Å². The van der Waals surface area contributed by atoms with Gasteiger partial charge in [0.15, 0.2) is 0 Å². The summed E-state index contributed by atoms with van der Waals surface area (Å²) >= 11 is 0. The number of benzene rings is 1. The first kappa shape index (κ1) is 13.2. The summed E-state index contributed by atoms with van der Waals surface area (Å²) in [6, 6.07) is 9.08. The first-order valence-corrected chi connectivity index (χ1v) is 8.76. The number of hydrogen-bond donors (Lipinski definition) is 0. The van der Waals surface area contributed by atoms with Gasteiger partial charge in [0.05, 0.1) is 8.07 Å². The molecule has 3 nitrogen and oxygen atoms in total. The molecule has 0 aliphatic rings. The molecule has 0 unspecified atom stereocenters. The molecule has 0 amide bonds. The molecule has 0 spiro atoms. The minimum absolute atomic E-state index is 0.195. The molecule has 4 heteroatoms. The quantitative estimate of drug-likeness (QED) is 0.270. The van der Waals surface area contributed by atoms with Crippen LogP contribution in [-0.2, 0) is 4.79 Å². The van der Waals surface area contributed by atoms with E-state index in [0.717, 1.165) is 0 Å². The minimum Gasteiger partial charge on any atom is -0.422 e. The highest BCUT2D eigenvalue weighted by Gasteiger charge is 2.16. The third-order valence-electron chi connectivity index (χ3n) is 2.31. The fourth-order valence-electron chi connectivity index (χ4n) is 1.24. The summed E-state index contributed by atoms with van der Waals surface area (Å²) in [4.78, 5) is 11.3. The van der Waals surface area contributed by atoms with Crippen LogP contribution in [0.5, 0.6) is 5.75 Å². The maximum Gasteiger partial charge on any atom is 0.353 e. The summed E-state index contributed by atoms with van der Waals surface area (Å²) < 4.78 is 4.99. The first-order chi connectivity index (χ1) is 7.84. The van der Waals surface area contributed by atoms with Crippen molar-refractivity contribution < 1.29 is 9.53 Å². The zero-order chi connectivity index (χ0) is 13.1. The predicted octanol–water partition coefficient (Wildman–Crippen LogP) is 2.22. The number of hydrogen-bond acceptors (Lipinski definition) is 3. The summed E-state index contributed by atoms with van der Waals surface area (Å²) in [7, 11) is -1.34. The molecule has 0 radical (unpaired) electrons. The van der Waals surface area contributed by atoms with Crippen LogP contribution in [0, 0.1) is 11.3 Å². The van der Waals surface area contributed by atoms with Crippen LogP contribution in [0.4, 0.5) is 0 Å². The van der Waals surface area contributed by atoms with Gasteiger partial charge in [-0.25, -0.2) is 4.79 Å². The van der Waals surface area contributed by atoms with Gasteiger partial charge in [0.25, 0.3) is 0 Å². The van der Waals surface area contributed by atoms with Crippen molar-refractivity contribution in [2.75, 3.05) is 0 Å². The van der Waals surface area contributed by atoms with Gasteiger partial charge in [-0.15, -0.1) is 0 Å². The Morgan fingerprint density at radius 1 is 1.29 bits per heavy atom. The van der Waals surface area contributed by atoms with Crippen molar-refractivity contribution in [2.24, 2.45) is 0 Å². The van der Waals surface area contributed by atoms with E-state index >= 15 is 0 Å². The van der Waals surface area contributed by atoms with Crippen molar-refractivity contribution in [3.05, 3.63) is 36.4 Å². The van der Waals surface area contributed by atoms with Crippen LogP contribution >= 0.6 is 0 Å². The highest BCUT2D eigenvalue weighted by Crippen LogP contribution is 2.12. The summed E-state index contributed by atoms with van der Waals surface area (Å²) in [5.41, 5.74) is -0.195. The Balaban J connectivity index is 2.80. The van der Waals surface area contributed by atoms with Gasteiger partial charge < -0.3 is 4.74 Å². The topological polar surface area (TPSA) is 50.1 Å². The zero-order valence-corrected chi connectivity index (χ0v) is 11.3. The minimum atomic E-state index is -1.34. The zero-order valence-electron chi connectivity index (χ0n) is 10.3. The van der Waals surface area contributed by atoms with Crippen molar-refractivity contribution in [3.63, 3.8) is 0 Å². The second kappa shape index (κ2) is 4.98. The van der Waals surface area contributed by atoms with E-state index < -0.39 is 14.0 Å². The van der Waals surface area contributed by atoms with Crippen molar-refractivity contribution in [3.8, 4) is 11.8 Å². The molecule has 0 aromatic heterocycles. The Labute approximate surface area is 102 Å². The second-order valence-electron chi connectivity index (χ2n) is 4.75. The maximum absolute atomic E-state index is 11.3. The molecule has 0 heterocycles. The van der Waals surface area contributed by atoms with Gasteiger partial charge in [0.2, 0.25) is 0 Å². The lowest BCUT2D eigenvalue weighted by Gasteiger charge is -2.16. The average molecular weight is 245 g/mol. The Morgan fingerprint density at radius 2 is 1.82 bits per heavy atom. The highest BCUT2D eigenvalue weighted by atomic mass is 28.3. The van der Waals surface area contributed by atoms with E-state index in [9.17, 15) is 4.79 Å². The molecule has 0 saturated heterocycles. The molecule has 0 fully saturated rings. The Kier molecular flexibility index (Phi) is 3.87. The van der Waals surface area contributed by atoms with Crippen molar-refractivity contribution >= 4 is 19.2 Å². The van der Waals surface area contributed by atoms with Crippen LogP contribution < -0.4 is 9.92 Å². The molecule has 1 rings (SSSR count). The Bertz CT molecular complexity index is 478. The fraction of sp³-hybridized carbons (Fsp3) is 0.231. The maximum atomic E-state index is 11.3. The molecule has 0 aliphatic carbocycles. The molecule has 0 bridgehead atoms. The number of carbonyl (C=O) groups excluding carboxylic acids is 1. The van der Waals surface area contributed by atoms with Gasteiger partial charge in [-0.05, 0) is 12.1 Å². The molecular weight excluding hydrogens is 230 g/mol. The predicted molar refractivity (Wildman–Crippen MR) is 69.8 cm³/mol. The molecule has 1 aromatic rings. The normalized spacial score (nSPS) is 10.5. The molecule has 0 aliphatic heterocycles. The fourth-order valence-corrected chi connectivity index (χ4v) is 2.40. The SMILES string of the molecule is C=C(C#N)C(=O)Oc1ccc([Si](C)(C)C)cc1. The largest absolute Gasteiger partial charge is 0.422 e. The van der Waals surface area contributed by atoms with E-state index in [-0.39, 0.29) is 5.57 Å². The summed E-state index contributed by atoms with van der Waals surface area (Å²) in [5, 5.41) is 9.78. The van der Waals surface area contributed by atoms with Gasteiger partial charge >= 0.3 is 5.97 Å². The van der Waals surface area contributed by atoms with Crippen LogP contribution in [-0.4, -0.2) is 14.0 Å². The number of rotatable bonds is 3. The first-order valence-electron chi connectivity index (χ1n) is 5.26. The third kappa shape index (κ3) is 3.57. The summed E-state index contributed by atoms with van der Waals surface area (Å²) in [6.07, 6.45) is 0. The van der Waals surface area contributed by atoms with E-state index in [4.69, 9.17) is 10.00 Å². The molecule has 0 N–H and O–H groups in total. The standard InChI is InChI=1S/C13H15NO2Si/c1-10(9-14)13(15)16-11-5-7-12(8-6-11)17(2,3)4/h5-8H,1H2,2-4H3. The number of esters is 1. The molecule has 0 atom stereocenters. The van der Waals surface area contributed by atoms with Crippen LogP contribution in [0.3, 0.4) is 0 Å². The molecule has 1 aromatic carbocycles. The highest BCUT2D eigenvalue weighted by molar-refractivity contribution is 6.88. The number of ether oxygens (including phenoxy) is 1. The monoisotopic (exact) mass is 245 g/mol. The van der Waals surface area contributed by atoms with Crippen LogP contribution in [0.15, 0.2) is 36.4 Å². The van der Waals surface area contributed by atoms with Crippen LogP contribution in [0.2, 0.25) is 19.6 Å². The summed E-state index contributed by atoms with van der Waals surface area (Å²) in [6.45, 7) is 10.0. The van der Waals surface area contributed by atoms with Gasteiger partial charge in [-0.1, -0.05) is 43.5 Å². The van der Waals surface area contributed by atoms with Gasteiger partial charge in [-0.3, -0.25) is 0 Å². The lowest BCUT2D eigenvalue weighted by molar-refractivity contribution is -0.129. The lowest BCUT2D eigenvalue weighted by atomic mass is 10.3. The number of carbonyl (C=O) groups is 1. The van der Waals surface area contributed by atoms with Crippen molar-refractivity contribution in [1.82, 2.24) is 0 Å². The third-order valence-corrected chi connectivity index (χ3v) is 4.38. The molecule has 88 valence electrons. The summed E-state index contributed by atoms with van der Waals surface area (Å²) in [5.74, 6) is -0.262. The van der Waals surface area contributed by atoms with Gasteiger partial charge in [0.1, 0.15) is 17.4 Å². The van der Waals surface area contributed by atoms with E-state index in [0.29, 0.717) is 5.75 Å². The Morgan fingerprint density at radius 3 is 2.24 bits per heavy atom. The van der Waals surface area contributed by atoms with Crippen LogP contribution in [0.25, 0.3) is 0 Å². The van der Waals surface area contributed by atoms with Crippen molar-refractivity contribution in [2.45, 2.75) is 19.6 Å². The van der Waals surface area contributed by atoms with Crippen molar-refractivity contribution in [1.29, 1.82) is 5.26 Å². The van der Waals surface area contributed by atoms with Crippen LogP contribution in [0.1, 0.15) is 0 Å². The lowest BCUT2D eigenvalue weighted by Crippen LogP contribution is -2.37. The van der Waals surface area contributed by atoms with E-state index in [1.807, 2.05) is 12.1 Å². The average Bonchev–Trinajstić information content (AvgIpc) is 2.27. The number of nitrogens with zero attached hydrogens (tertiary/aromatic N) is 1. The van der Waals surface area contributed by atoms with E-state index in [1.54, 1.807) is 18.2 Å². The van der Waals surface area contributed by atoms with Gasteiger partial charge in [0, 0.05) is 0 Å². The second-order valence-corrected chi connectivity index (χ2v) is 9.83. The van der Waals surface area contributed by atoms with E-state index in [2.05, 4.69) is 26.2 Å². The smallest absolute Gasteiger partial charge is 0.353 e.